The smallest absolute Gasteiger partial charge is 0.239 e. The molecular formula is C9H17N5O2. The molecule has 0 bridgehead atoms. The van der Waals surface area contributed by atoms with Crippen LogP contribution in [-0.2, 0) is 4.74 Å². The summed E-state index contributed by atoms with van der Waals surface area (Å²) in [5.41, 5.74) is 2.36. The fourth-order valence-electron chi connectivity index (χ4n) is 1.17. The molecule has 16 heavy (non-hydrogen) atoms. The van der Waals surface area contributed by atoms with Gasteiger partial charge in [-0.2, -0.15) is 4.98 Å². The van der Waals surface area contributed by atoms with Crippen LogP contribution in [0.4, 0.5) is 11.8 Å². The number of ether oxygens (including phenoxy) is 1. The predicted octanol–water partition coefficient (Wildman–Crippen LogP) is -0.428. The van der Waals surface area contributed by atoms with Crippen molar-refractivity contribution in [2.75, 3.05) is 31.0 Å². The highest BCUT2D eigenvalue weighted by atomic mass is 16.5. The lowest BCUT2D eigenvalue weighted by Gasteiger charge is -2.10. The number of hydrazine groups is 1. The van der Waals surface area contributed by atoms with Crippen LogP contribution in [0.15, 0.2) is 12.3 Å². The number of aliphatic hydroxyl groups excluding tert-OH is 1. The number of nitrogens with two attached hydrogens (primary N) is 1. The fourth-order valence-corrected chi connectivity index (χ4v) is 1.17. The molecule has 7 heteroatoms. The number of hydrogen-bond acceptors (Lipinski definition) is 7. The fraction of sp³-hybridized carbons (Fsp3) is 0.556. The number of aromatic nitrogens is 2. The summed E-state index contributed by atoms with van der Waals surface area (Å²) in [7, 11) is 1.56. The van der Waals surface area contributed by atoms with E-state index >= 15 is 0 Å². The van der Waals surface area contributed by atoms with E-state index in [9.17, 15) is 5.11 Å². The van der Waals surface area contributed by atoms with E-state index in [0.717, 1.165) is 0 Å². The number of nitrogens with one attached hydrogen (secondary N) is 2. The maximum absolute atomic E-state index is 9.40. The second kappa shape index (κ2) is 6.94. The standard InChI is InChI=1S/C9H17N5O2/c1-16-6-7(15)2-4-11-8-3-5-12-9(13-8)14-10/h3,5,7,15H,2,4,6,10H2,1H3,(H2,11,12,13,14). The number of methoxy groups -OCH3 is 1. The molecule has 0 aliphatic rings. The molecular weight excluding hydrogens is 210 g/mol. The average molecular weight is 227 g/mol. The average Bonchev–Trinajstić information content (AvgIpc) is 2.30. The van der Waals surface area contributed by atoms with Crippen LogP contribution in [0.5, 0.6) is 0 Å². The van der Waals surface area contributed by atoms with Gasteiger partial charge in [-0.05, 0) is 12.5 Å². The largest absolute Gasteiger partial charge is 0.391 e. The Kier molecular flexibility index (Phi) is 5.48. The minimum absolute atomic E-state index is 0.334. The first-order valence-electron chi connectivity index (χ1n) is 4.96. The van der Waals surface area contributed by atoms with Crippen molar-refractivity contribution in [3.05, 3.63) is 12.3 Å². The summed E-state index contributed by atoms with van der Waals surface area (Å²) in [5, 5.41) is 12.4. The van der Waals surface area contributed by atoms with E-state index in [-0.39, 0.29) is 0 Å². The molecule has 0 fully saturated rings. The van der Waals surface area contributed by atoms with Crippen molar-refractivity contribution in [1.82, 2.24) is 9.97 Å². The molecule has 1 atom stereocenters. The van der Waals surface area contributed by atoms with Gasteiger partial charge < -0.3 is 15.2 Å². The van der Waals surface area contributed by atoms with E-state index in [0.29, 0.717) is 31.3 Å². The highest BCUT2D eigenvalue weighted by molar-refractivity contribution is 5.38. The maximum atomic E-state index is 9.40. The molecule has 0 aliphatic carbocycles. The molecule has 1 aromatic rings. The topological polar surface area (TPSA) is 105 Å². The lowest BCUT2D eigenvalue weighted by molar-refractivity contribution is 0.0615. The highest BCUT2D eigenvalue weighted by Gasteiger charge is 2.03. The van der Waals surface area contributed by atoms with Gasteiger partial charge in [-0.3, -0.25) is 5.43 Å². The summed E-state index contributed by atoms with van der Waals surface area (Å²) in [6, 6.07) is 1.73. The Morgan fingerprint density at radius 1 is 1.62 bits per heavy atom. The number of rotatable bonds is 7. The summed E-state index contributed by atoms with van der Waals surface area (Å²) in [6.07, 6.45) is 1.71. The highest BCUT2D eigenvalue weighted by Crippen LogP contribution is 2.04. The molecule has 1 unspecified atom stereocenters. The Balaban J connectivity index is 2.31. The van der Waals surface area contributed by atoms with Gasteiger partial charge in [0.15, 0.2) is 0 Å². The Morgan fingerprint density at radius 3 is 3.12 bits per heavy atom. The van der Waals surface area contributed by atoms with E-state index in [1.807, 2.05) is 0 Å². The number of nitrogens with zero attached hydrogens (tertiary/aromatic N) is 2. The van der Waals surface area contributed by atoms with Crippen molar-refractivity contribution in [2.45, 2.75) is 12.5 Å². The lowest BCUT2D eigenvalue weighted by atomic mass is 10.2. The van der Waals surface area contributed by atoms with E-state index in [2.05, 4.69) is 20.7 Å². The van der Waals surface area contributed by atoms with Crippen LogP contribution in [0, 0.1) is 0 Å². The third-order valence-electron chi connectivity index (χ3n) is 1.93. The van der Waals surface area contributed by atoms with Gasteiger partial charge in [-0.15, -0.1) is 0 Å². The third kappa shape index (κ3) is 4.39. The summed E-state index contributed by atoms with van der Waals surface area (Å²) in [5.74, 6) is 6.19. The molecule has 0 amide bonds. The molecule has 0 radical (unpaired) electrons. The van der Waals surface area contributed by atoms with Crippen molar-refractivity contribution >= 4 is 11.8 Å². The minimum atomic E-state index is -0.466. The van der Waals surface area contributed by atoms with Gasteiger partial charge in [0.05, 0.1) is 12.7 Å². The van der Waals surface area contributed by atoms with Crippen LogP contribution in [0.25, 0.3) is 0 Å². The van der Waals surface area contributed by atoms with Gasteiger partial charge in [-0.25, -0.2) is 10.8 Å². The third-order valence-corrected chi connectivity index (χ3v) is 1.93. The van der Waals surface area contributed by atoms with Crippen molar-refractivity contribution in [1.29, 1.82) is 0 Å². The van der Waals surface area contributed by atoms with Crippen LogP contribution >= 0.6 is 0 Å². The first-order valence-corrected chi connectivity index (χ1v) is 4.96. The number of aliphatic hydroxyl groups is 1. The predicted molar refractivity (Wildman–Crippen MR) is 60.8 cm³/mol. The monoisotopic (exact) mass is 227 g/mol. The van der Waals surface area contributed by atoms with Gasteiger partial charge in [0.25, 0.3) is 0 Å². The Hall–Kier alpha value is -1.44. The lowest BCUT2D eigenvalue weighted by Crippen LogP contribution is -2.19. The van der Waals surface area contributed by atoms with Crippen molar-refractivity contribution in [2.24, 2.45) is 5.84 Å². The van der Waals surface area contributed by atoms with Gasteiger partial charge in [0.2, 0.25) is 5.95 Å². The van der Waals surface area contributed by atoms with Crippen LogP contribution < -0.4 is 16.6 Å². The van der Waals surface area contributed by atoms with Gasteiger partial charge in [-0.1, -0.05) is 0 Å². The van der Waals surface area contributed by atoms with E-state index < -0.39 is 6.10 Å². The number of anilines is 2. The van der Waals surface area contributed by atoms with Gasteiger partial charge >= 0.3 is 0 Å². The van der Waals surface area contributed by atoms with Crippen molar-refractivity contribution in [3.63, 3.8) is 0 Å². The summed E-state index contributed by atoms with van der Waals surface area (Å²) in [4.78, 5) is 7.94. The zero-order valence-corrected chi connectivity index (χ0v) is 9.18. The summed E-state index contributed by atoms with van der Waals surface area (Å²) < 4.78 is 4.81. The second-order valence-corrected chi connectivity index (χ2v) is 3.23. The quantitative estimate of drug-likeness (QED) is 0.370. The van der Waals surface area contributed by atoms with E-state index in [1.54, 1.807) is 19.4 Å². The molecule has 1 rings (SSSR count). The SMILES string of the molecule is COCC(O)CCNc1ccnc(NN)n1. The maximum Gasteiger partial charge on any atom is 0.239 e. The Labute approximate surface area is 94.0 Å². The van der Waals surface area contributed by atoms with Gasteiger partial charge in [0.1, 0.15) is 5.82 Å². The van der Waals surface area contributed by atoms with E-state index in [1.165, 1.54) is 0 Å². The minimum Gasteiger partial charge on any atom is -0.391 e. The van der Waals surface area contributed by atoms with Crippen molar-refractivity contribution in [3.8, 4) is 0 Å². The zero-order chi connectivity index (χ0) is 11.8. The number of hydrogen-bond donors (Lipinski definition) is 4. The first kappa shape index (κ1) is 12.6. The molecule has 5 N–H and O–H groups in total. The van der Waals surface area contributed by atoms with Gasteiger partial charge in [0, 0.05) is 19.9 Å². The summed E-state index contributed by atoms with van der Waals surface area (Å²) in [6.45, 7) is 0.937. The molecule has 1 aromatic heterocycles. The van der Waals surface area contributed by atoms with Crippen LogP contribution in [0.1, 0.15) is 6.42 Å². The number of nitrogen functional groups attached to an aromatic ring is 1. The molecule has 7 nitrogen and oxygen atoms in total. The second-order valence-electron chi connectivity index (χ2n) is 3.23. The Morgan fingerprint density at radius 2 is 2.44 bits per heavy atom. The first-order chi connectivity index (χ1) is 7.76. The summed E-state index contributed by atoms with van der Waals surface area (Å²) >= 11 is 0. The zero-order valence-electron chi connectivity index (χ0n) is 9.18. The van der Waals surface area contributed by atoms with Crippen LogP contribution in [0.2, 0.25) is 0 Å². The van der Waals surface area contributed by atoms with E-state index in [4.69, 9.17) is 10.6 Å². The molecule has 1 heterocycles. The van der Waals surface area contributed by atoms with Crippen LogP contribution in [0.3, 0.4) is 0 Å². The molecule has 0 saturated carbocycles. The molecule has 0 aliphatic heterocycles. The molecule has 0 spiro atoms. The normalized spacial score (nSPS) is 12.2. The molecule has 0 saturated heterocycles. The van der Waals surface area contributed by atoms with Crippen molar-refractivity contribution < 1.29 is 9.84 Å². The Bertz CT molecular complexity index is 310. The van der Waals surface area contributed by atoms with Crippen LogP contribution in [-0.4, -0.2) is 41.4 Å². The molecule has 0 aromatic carbocycles. The molecule has 90 valence electrons.